The zero-order valence-corrected chi connectivity index (χ0v) is 10.0. The number of nitrogens with two attached hydrogens (primary N) is 1. The summed E-state index contributed by atoms with van der Waals surface area (Å²) in [7, 11) is 0. The lowest BCUT2D eigenvalue weighted by atomic mass is 10.2. The molecular formula is C13H13N5. The number of hydrogen-bond acceptors (Lipinski definition) is 4. The van der Waals surface area contributed by atoms with E-state index < -0.39 is 0 Å². The Hall–Kier alpha value is -2.43. The van der Waals surface area contributed by atoms with Crippen molar-refractivity contribution in [2.24, 2.45) is 0 Å². The highest BCUT2D eigenvalue weighted by atomic mass is 15.3. The fourth-order valence-corrected chi connectivity index (χ4v) is 1.95. The molecule has 0 atom stereocenters. The minimum absolute atomic E-state index is 0.435. The number of aromatic nitrogens is 4. The van der Waals surface area contributed by atoms with E-state index in [1.54, 1.807) is 0 Å². The lowest BCUT2D eigenvalue weighted by molar-refractivity contribution is 0.695. The topological polar surface area (TPSA) is 69.6 Å². The smallest absolute Gasteiger partial charge is 0.155 e. The summed E-state index contributed by atoms with van der Waals surface area (Å²) in [4.78, 5) is 8.44. The van der Waals surface area contributed by atoms with Gasteiger partial charge >= 0.3 is 0 Å². The summed E-state index contributed by atoms with van der Waals surface area (Å²) in [6.07, 6.45) is 1.90. The predicted octanol–water partition coefficient (Wildman–Crippen LogP) is 1.77. The van der Waals surface area contributed by atoms with Crippen LogP contribution in [0.15, 0.2) is 36.5 Å². The molecule has 0 unspecified atom stereocenters. The first kappa shape index (κ1) is 10.7. The maximum Gasteiger partial charge on any atom is 0.155 e. The van der Waals surface area contributed by atoms with Gasteiger partial charge in [-0.2, -0.15) is 5.10 Å². The van der Waals surface area contributed by atoms with E-state index in [1.165, 1.54) is 5.56 Å². The van der Waals surface area contributed by atoms with E-state index >= 15 is 0 Å². The van der Waals surface area contributed by atoms with E-state index in [1.807, 2.05) is 36.0 Å². The maximum absolute atomic E-state index is 5.84. The van der Waals surface area contributed by atoms with Gasteiger partial charge < -0.3 is 5.73 Å². The minimum Gasteiger partial charge on any atom is -0.382 e. The van der Waals surface area contributed by atoms with Gasteiger partial charge in [0.1, 0.15) is 11.3 Å². The second-order valence-corrected chi connectivity index (χ2v) is 4.20. The van der Waals surface area contributed by atoms with Crippen LogP contribution in [0.3, 0.4) is 0 Å². The van der Waals surface area contributed by atoms with Crippen molar-refractivity contribution >= 4 is 16.9 Å². The first-order valence-electron chi connectivity index (χ1n) is 5.73. The standard InChI is InChI=1S/C13H13N5/c1-9-15-11-8-18(17-12(11)13(14)16-9)7-10-5-3-2-4-6-10/h2-6,8H,7H2,1H3,(H2,14,15,16). The average Bonchev–Trinajstić information content (AvgIpc) is 2.73. The third-order valence-corrected chi connectivity index (χ3v) is 2.74. The van der Waals surface area contributed by atoms with Crippen LogP contribution in [0.25, 0.3) is 11.0 Å². The molecule has 0 spiro atoms. The van der Waals surface area contributed by atoms with Crippen LogP contribution in [0.2, 0.25) is 0 Å². The maximum atomic E-state index is 5.84. The van der Waals surface area contributed by atoms with Crippen LogP contribution >= 0.6 is 0 Å². The van der Waals surface area contributed by atoms with Crippen LogP contribution in [-0.4, -0.2) is 19.7 Å². The normalized spacial score (nSPS) is 10.9. The number of benzene rings is 1. The highest BCUT2D eigenvalue weighted by molar-refractivity contribution is 5.83. The number of fused-ring (bicyclic) bond motifs is 1. The van der Waals surface area contributed by atoms with E-state index in [0.717, 1.165) is 5.52 Å². The minimum atomic E-state index is 0.435. The third kappa shape index (κ3) is 1.90. The van der Waals surface area contributed by atoms with Crippen molar-refractivity contribution < 1.29 is 0 Å². The van der Waals surface area contributed by atoms with Gasteiger partial charge in [0.15, 0.2) is 11.3 Å². The summed E-state index contributed by atoms with van der Waals surface area (Å²) in [5, 5.41) is 4.42. The molecule has 0 saturated carbocycles. The first-order chi connectivity index (χ1) is 8.72. The largest absolute Gasteiger partial charge is 0.382 e. The van der Waals surface area contributed by atoms with Gasteiger partial charge in [0.05, 0.1) is 12.7 Å². The molecule has 1 aromatic carbocycles. The van der Waals surface area contributed by atoms with E-state index in [-0.39, 0.29) is 0 Å². The van der Waals surface area contributed by atoms with Crippen LogP contribution in [0.5, 0.6) is 0 Å². The molecule has 2 aromatic heterocycles. The Kier molecular flexibility index (Phi) is 2.44. The molecule has 90 valence electrons. The molecule has 0 fully saturated rings. The molecule has 0 aliphatic heterocycles. The second kappa shape index (κ2) is 4.10. The van der Waals surface area contributed by atoms with Crippen molar-refractivity contribution in [3.8, 4) is 0 Å². The Labute approximate surface area is 104 Å². The summed E-state index contributed by atoms with van der Waals surface area (Å²) < 4.78 is 1.84. The molecule has 5 heteroatoms. The van der Waals surface area contributed by atoms with Crippen LogP contribution < -0.4 is 5.73 Å². The summed E-state index contributed by atoms with van der Waals surface area (Å²) in [6, 6.07) is 10.1. The predicted molar refractivity (Wildman–Crippen MR) is 70.0 cm³/mol. The Morgan fingerprint density at radius 3 is 2.72 bits per heavy atom. The van der Waals surface area contributed by atoms with Gasteiger partial charge in [0, 0.05) is 0 Å². The number of aryl methyl sites for hydroxylation is 1. The van der Waals surface area contributed by atoms with Crippen molar-refractivity contribution in [2.45, 2.75) is 13.5 Å². The van der Waals surface area contributed by atoms with Gasteiger partial charge in [-0.1, -0.05) is 30.3 Å². The third-order valence-electron chi connectivity index (χ3n) is 2.74. The van der Waals surface area contributed by atoms with Gasteiger partial charge in [0.2, 0.25) is 0 Å². The van der Waals surface area contributed by atoms with Crippen LogP contribution in [-0.2, 0) is 6.54 Å². The van der Waals surface area contributed by atoms with Gasteiger partial charge in [-0.15, -0.1) is 0 Å². The number of anilines is 1. The Morgan fingerprint density at radius 2 is 1.94 bits per heavy atom. The molecular weight excluding hydrogens is 226 g/mol. The summed E-state index contributed by atoms with van der Waals surface area (Å²) in [5.74, 6) is 1.10. The highest BCUT2D eigenvalue weighted by Crippen LogP contribution is 2.16. The van der Waals surface area contributed by atoms with Gasteiger partial charge in [-0.25, -0.2) is 9.97 Å². The number of hydrogen-bond donors (Lipinski definition) is 1. The van der Waals surface area contributed by atoms with Crippen LogP contribution in [0.4, 0.5) is 5.82 Å². The van der Waals surface area contributed by atoms with E-state index in [0.29, 0.717) is 23.7 Å². The highest BCUT2D eigenvalue weighted by Gasteiger charge is 2.07. The summed E-state index contributed by atoms with van der Waals surface area (Å²) in [6.45, 7) is 2.53. The Bertz CT molecular complexity index is 687. The number of nitrogens with zero attached hydrogens (tertiary/aromatic N) is 4. The molecule has 0 radical (unpaired) electrons. The SMILES string of the molecule is Cc1nc(N)c2nn(Cc3ccccc3)cc2n1. The molecule has 0 saturated heterocycles. The van der Waals surface area contributed by atoms with Crippen molar-refractivity contribution in [3.05, 3.63) is 47.9 Å². The van der Waals surface area contributed by atoms with Crippen molar-refractivity contribution in [1.82, 2.24) is 19.7 Å². The molecule has 2 heterocycles. The van der Waals surface area contributed by atoms with Crippen LogP contribution in [0.1, 0.15) is 11.4 Å². The molecule has 5 nitrogen and oxygen atoms in total. The summed E-state index contributed by atoms with van der Waals surface area (Å²) >= 11 is 0. The number of rotatable bonds is 2. The zero-order chi connectivity index (χ0) is 12.5. The molecule has 3 aromatic rings. The molecule has 0 bridgehead atoms. The van der Waals surface area contributed by atoms with Crippen LogP contribution in [0, 0.1) is 6.92 Å². The fourth-order valence-electron chi connectivity index (χ4n) is 1.95. The summed E-state index contributed by atoms with van der Waals surface area (Å²) in [5.41, 5.74) is 8.48. The molecule has 0 amide bonds. The first-order valence-corrected chi connectivity index (χ1v) is 5.73. The quantitative estimate of drug-likeness (QED) is 0.739. The molecule has 18 heavy (non-hydrogen) atoms. The zero-order valence-electron chi connectivity index (χ0n) is 10.0. The monoisotopic (exact) mass is 239 g/mol. The lowest BCUT2D eigenvalue weighted by Gasteiger charge is -2.00. The van der Waals surface area contributed by atoms with Gasteiger partial charge in [-0.3, -0.25) is 4.68 Å². The lowest BCUT2D eigenvalue weighted by Crippen LogP contribution is -2.00. The average molecular weight is 239 g/mol. The van der Waals surface area contributed by atoms with E-state index in [4.69, 9.17) is 5.73 Å². The van der Waals surface area contributed by atoms with E-state index in [9.17, 15) is 0 Å². The Morgan fingerprint density at radius 1 is 1.17 bits per heavy atom. The molecule has 3 rings (SSSR count). The van der Waals surface area contributed by atoms with Gasteiger partial charge in [0.25, 0.3) is 0 Å². The number of nitrogen functional groups attached to an aromatic ring is 1. The van der Waals surface area contributed by atoms with Crippen molar-refractivity contribution in [3.63, 3.8) is 0 Å². The second-order valence-electron chi connectivity index (χ2n) is 4.20. The molecule has 0 aliphatic carbocycles. The Balaban J connectivity index is 2.01. The van der Waals surface area contributed by atoms with Crippen molar-refractivity contribution in [1.29, 1.82) is 0 Å². The molecule has 2 N–H and O–H groups in total. The van der Waals surface area contributed by atoms with Crippen molar-refractivity contribution in [2.75, 3.05) is 5.73 Å². The fraction of sp³-hybridized carbons (Fsp3) is 0.154. The van der Waals surface area contributed by atoms with Gasteiger partial charge in [-0.05, 0) is 12.5 Å². The van der Waals surface area contributed by atoms with E-state index in [2.05, 4.69) is 27.2 Å². The molecule has 0 aliphatic rings.